The van der Waals surface area contributed by atoms with E-state index in [1.807, 2.05) is 0 Å². The molecule has 2 aliphatic rings. The number of benzene rings is 3. The van der Waals surface area contributed by atoms with Crippen molar-refractivity contribution in [3.8, 4) is 11.1 Å². The van der Waals surface area contributed by atoms with E-state index in [9.17, 15) is 13.2 Å². The zero-order valence-corrected chi connectivity index (χ0v) is 26.9. The summed E-state index contributed by atoms with van der Waals surface area (Å²) >= 11 is -2.72. The van der Waals surface area contributed by atoms with Crippen LogP contribution in [-0.2, 0) is 33.9 Å². The Kier molecular flexibility index (Phi) is 9.79. The Morgan fingerprint density at radius 2 is 1.51 bits per heavy atom. The molecule has 0 spiro atoms. The van der Waals surface area contributed by atoms with E-state index >= 15 is 0 Å². The summed E-state index contributed by atoms with van der Waals surface area (Å²) < 4.78 is 45.2. The number of hydrogen-bond donors (Lipinski definition) is 0. The second-order valence-corrected chi connectivity index (χ2v) is 16.6. The molecular weight excluding hydrogens is 615 g/mol. The van der Waals surface area contributed by atoms with Crippen LogP contribution in [0.1, 0.15) is 63.3 Å². The minimum absolute atomic E-state index is 0. The van der Waals surface area contributed by atoms with E-state index in [0.29, 0.717) is 5.92 Å². The third-order valence-electron chi connectivity index (χ3n) is 7.66. The van der Waals surface area contributed by atoms with Crippen LogP contribution < -0.4 is 28.1 Å². The summed E-state index contributed by atoms with van der Waals surface area (Å²) in [4.78, 5) is 0. The van der Waals surface area contributed by atoms with E-state index < -0.39 is 33.0 Å². The van der Waals surface area contributed by atoms with Gasteiger partial charge in [0.25, 0.3) is 0 Å². The smallest absolute Gasteiger partial charge is 1.00 e. The Labute approximate surface area is 250 Å². The van der Waals surface area contributed by atoms with Gasteiger partial charge in [-0.2, -0.15) is 0 Å². The van der Waals surface area contributed by atoms with Crippen molar-refractivity contribution in [3.05, 3.63) is 109 Å². The monoisotopic (exact) mass is 646 g/mol. The van der Waals surface area contributed by atoms with Gasteiger partial charge in [0.15, 0.2) is 0 Å². The van der Waals surface area contributed by atoms with Gasteiger partial charge in [-0.1, -0.05) is 0 Å². The van der Waals surface area contributed by atoms with E-state index in [-0.39, 0.29) is 30.2 Å². The molecule has 3 aromatic rings. The predicted octanol–water partition coefficient (Wildman–Crippen LogP) is 2.66. The average Bonchev–Trinajstić information content (AvgIpc) is 3.40. The van der Waals surface area contributed by atoms with Gasteiger partial charge in [-0.05, 0) is 0 Å². The van der Waals surface area contributed by atoms with Gasteiger partial charge < -0.3 is 24.8 Å². The Morgan fingerprint density at radius 1 is 0.872 bits per heavy atom. The van der Waals surface area contributed by atoms with Crippen molar-refractivity contribution in [3.63, 3.8) is 0 Å². The zero-order valence-electron chi connectivity index (χ0n) is 22.9. The van der Waals surface area contributed by atoms with Crippen LogP contribution in [0.25, 0.3) is 11.1 Å². The van der Waals surface area contributed by atoms with Crippen molar-refractivity contribution in [2.24, 2.45) is 11.3 Å². The first kappa shape index (κ1) is 31.8. The molecule has 5 rings (SSSR count). The van der Waals surface area contributed by atoms with Gasteiger partial charge in [-0.3, -0.25) is 0 Å². The fourth-order valence-corrected chi connectivity index (χ4v) is 13.8. The van der Waals surface area contributed by atoms with Gasteiger partial charge in [0, 0.05) is 0 Å². The van der Waals surface area contributed by atoms with E-state index in [4.69, 9.17) is 0 Å². The molecule has 0 saturated carbocycles. The number of allylic oxidation sites excluding steroid dienone is 4. The van der Waals surface area contributed by atoms with Gasteiger partial charge in [-0.15, -0.1) is 0 Å². The fraction of sp³-hybridized carbons (Fsp3) is 0.303. The first-order chi connectivity index (χ1) is 17.5. The van der Waals surface area contributed by atoms with Gasteiger partial charge in [0.2, 0.25) is 0 Å². The molecule has 0 radical (unpaired) electrons. The quantitative estimate of drug-likeness (QED) is 0.320. The third kappa shape index (κ3) is 6.14. The largest absolute Gasteiger partial charge is 1.00 e. The predicted molar refractivity (Wildman–Crippen MR) is 145 cm³/mol. The summed E-state index contributed by atoms with van der Waals surface area (Å²) in [5.74, 6) is 0.337. The van der Waals surface area contributed by atoms with Gasteiger partial charge in [0.05, 0.1) is 0 Å². The number of fused-ring (bicyclic) bond motifs is 3. The molecule has 39 heavy (non-hydrogen) atoms. The molecular formula is C33H33Cl2F3Zr. The Hall–Kier alpha value is -1.74. The zero-order chi connectivity index (χ0) is 26.5. The molecule has 2 aliphatic carbocycles. The maximum atomic E-state index is 13.3. The fourth-order valence-electron chi connectivity index (χ4n) is 5.99. The number of halogens is 5. The van der Waals surface area contributed by atoms with E-state index in [1.165, 1.54) is 48.8 Å². The molecule has 0 bridgehead atoms. The van der Waals surface area contributed by atoms with Gasteiger partial charge >= 0.3 is 227 Å². The van der Waals surface area contributed by atoms with Crippen LogP contribution in [0.4, 0.5) is 13.2 Å². The molecule has 1 atom stereocenters. The van der Waals surface area contributed by atoms with Crippen molar-refractivity contribution >= 4 is 6.98 Å². The standard InChI is InChI=1S/C13H9.C12H19.C8H5F3.2ClH.Zr/c1-3-7-12-10(5-1)9-11-6-2-4-8-13(11)12;1-6-10-7-9(2)8-11(10)12(3,4)5;1-6-2-4-7(5-3-6)8(9,10)11;;;/h1-5,7-8H,9H2;8-9H,6H2,1-5H3;1-5H;2*1H;/q;;;;;+2/p-2. The normalized spacial score (nSPS) is 16.3. The third-order valence-corrected chi connectivity index (χ3v) is 15.1. The van der Waals surface area contributed by atoms with Crippen molar-refractivity contribution in [2.75, 3.05) is 0 Å². The maximum absolute atomic E-state index is 13.3. The molecule has 0 heterocycles. The minimum Gasteiger partial charge on any atom is -1.00 e. The molecule has 0 aliphatic heterocycles. The van der Waals surface area contributed by atoms with Crippen LogP contribution in [0.5, 0.6) is 0 Å². The summed E-state index contributed by atoms with van der Waals surface area (Å²) in [5, 5.41) is 0. The molecule has 1 unspecified atom stereocenters. The molecule has 0 saturated heterocycles. The molecule has 204 valence electrons. The Balaban J connectivity index is 0.00000210. The van der Waals surface area contributed by atoms with Crippen LogP contribution in [0, 0.1) is 11.3 Å². The SMILES string of the molecule is CCC1=[C](/[Zr+2](=[CH]/c2ccc(C(F)(F)F)cc2)[c]2cccc3c2Cc2ccccc2-3)C(C)C=C1C(C)(C)C.[Cl-].[Cl-]. The number of rotatable bonds is 4. The number of hydrogen-bond acceptors (Lipinski definition) is 0. The topological polar surface area (TPSA) is 0 Å². The van der Waals surface area contributed by atoms with E-state index in [1.54, 1.807) is 15.4 Å². The van der Waals surface area contributed by atoms with Crippen molar-refractivity contribution in [1.82, 2.24) is 0 Å². The summed E-state index contributed by atoms with van der Waals surface area (Å²) in [6.45, 7) is 11.4. The first-order valence-electron chi connectivity index (χ1n) is 13.0. The molecule has 3 aromatic carbocycles. The van der Waals surface area contributed by atoms with Crippen molar-refractivity contribution in [2.45, 2.75) is 53.6 Å². The maximum Gasteiger partial charge on any atom is -1.00 e. The van der Waals surface area contributed by atoms with Crippen LogP contribution in [-0.4, -0.2) is 3.71 Å². The van der Waals surface area contributed by atoms with E-state index in [2.05, 4.69) is 86.9 Å². The van der Waals surface area contributed by atoms with Crippen LogP contribution in [0.15, 0.2) is 87.2 Å². The summed E-state index contributed by atoms with van der Waals surface area (Å²) in [7, 11) is 0. The van der Waals surface area contributed by atoms with E-state index in [0.717, 1.165) is 18.4 Å². The summed E-state index contributed by atoms with van der Waals surface area (Å²) in [5.41, 5.74) is 8.69. The van der Waals surface area contributed by atoms with Crippen LogP contribution in [0.2, 0.25) is 0 Å². The average molecular weight is 649 g/mol. The molecule has 0 fully saturated rings. The molecule has 0 N–H and O–H groups in total. The summed E-state index contributed by atoms with van der Waals surface area (Å²) in [6.07, 6.45) is 0.0288. The molecule has 0 aromatic heterocycles. The van der Waals surface area contributed by atoms with Crippen molar-refractivity contribution < 1.29 is 59.3 Å². The van der Waals surface area contributed by atoms with Gasteiger partial charge in [0.1, 0.15) is 0 Å². The van der Waals surface area contributed by atoms with Gasteiger partial charge in [-0.25, -0.2) is 0 Å². The minimum atomic E-state index is -4.32. The Bertz CT molecular complexity index is 1460. The van der Waals surface area contributed by atoms with Crippen LogP contribution >= 0.6 is 0 Å². The van der Waals surface area contributed by atoms with Crippen LogP contribution in [0.3, 0.4) is 0 Å². The second-order valence-electron chi connectivity index (χ2n) is 11.2. The number of alkyl halides is 3. The van der Waals surface area contributed by atoms with Crippen molar-refractivity contribution in [1.29, 1.82) is 0 Å². The summed E-state index contributed by atoms with van der Waals surface area (Å²) in [6, 6.07) is 21.1. The Morgan fingerprint density at radius 3 is 2.13 bits per heavy atom. The first-order valence-corrected chi connectivity index (χ1v) is 16.9. The molecule has 6 heteroatoms. The molecule has 0 nitrogen and oxygen atoms in total. The second kappa shape index (κ2) is 12.0. The molecule has 0 amide bonds.